The zero-order valence-electron chi connectivity index (χ0n) is 17.8. The average molecular weight is 433 g/mol. The highest BCUT2D eigenvalue weighted by Crippen LogP contribution is 2.12. The normalized spacial score (nSPS) is 13.6. The van der Waals surface area contributed by atoms with Crippen LogP contribution in [0.15, 0.2) is 0 Å². The maximum absolute atomic E-state index is 12.0. The van der Waals surface area contributed by atoms with Crippen molar-refractivity contribution in [2.24, 2.45) is 5.73 Å². The Bertz CT molecular complexity index is 404. The largest absolute Gasteiger partial charge is 0.430 e. The van der Waals surface area contributed by atoms with Crippen LogP contribution in [0.1, 0.15) is 61.8 Å². The van der Waals surface area contributed by atoms with Gasteiger partial charge >= 0.3 is 12.2 Å². The fourth-order valence-electron chi connectivity index (χ4n) is 2.05. The Morgan fingerprint density at radius 1 is 0.889 bits per heavy atom. The van der Waals surface area contributed by atoms with Crippen LogP contribution in [0.4, 0.5) is 9.59 Å². The van der Waals surface area contributed by atoms with Gasteiger partial charge in [-0.25, -0.2) is 14.5 Å². The van der Waals surface area contributed by atoms with Gasteiger partial charge in [0.25, 0.3) is 0 Å². The van der Waals surface area contributed by atoms with E-state index in [-0.39, 0.29) is 24.8 Å². The van der Waals surface area contributed by atoms with Gasteiger partial charge in [-0.05, 0) is 68.4 Å². The molecule has 0 aliphatic carbocycles. The number of hydrogen-bond donors (Lipinski definition) is 3. The van der Waals surface area contributed by atoms with Gasteiger partial charge in [0.2, 0.25) is 0 Å². The zero-order chi connectivity index (χ0) is 19.8. The number of rotatable bonds is 7. The lowest BCUT2D eigenvalue weighted by molar-refractivity contribution is -0.0930. The van der Waals surface area contributed by atoms with Crippen molar-refractivity contribution in [3.8, 4) is 0 Å². The molecular formula is C17H38Cl2N4O4. The lowest BCUT2D eigenvalue weighted by Crippen LogP contribution is -2.50. The van der Waals surface area contributed by atoms with Crippen molar-refractivity contribution < 1.29 is 19.1 Å². The van der Waals surface area contributed by atoms with Crippen molar-refractivity contribution in [3.05, 3.63) is 0 Å². The van der Waals surface area contributed by atoms with Crippen LogP contribution in [0.25, 0.3) is 0 Å². The predicted molar refractivity (Wildman–Crippen MR) is 113 cm³/mol. The Morgan fingerprint density at radius 2 is 1.22 bits per heavy atom. The Labute approximate surface area is 176 Å². The van der Waals surface area contributed by atoms with Gasteiger partial charge < -0.3 is 25.8 Å². The number of carbonyl (C=O) groups excluding carboxylic acids is 2. The first-order chi connectivity index (χ1) is 11.2. The van der Waals surface area contributed by atoms with Crippen LogP contribution in [-0.2, 0) is 9.47 Å². The number of ether oxygens (including phenoxy) is 2. The van der Waals surface area contributed by atoms with Gasteiger partial charge in [-0.1, -0.05) is 0 Å². The summed E-state index contributed by atoms with van der Waals surface area (Å²) < 4.78 is 10.8. The van der Waals surface area contributed by atoms with E-state index >= 15 is 0 Å². The second-order valence-corrected chi connectivity index (χ2v) is 8.14. The second kappa shape index (κ2) is 13.3. The highest BCUT2D eigenvalue weighted by molar-refractivity contribution is 5.85. The molecule has 0 bridgehead atoms. The number of hydrogen-bond acceptors (Lipinski definition) is 6. The minimum absolute atomic E-state index is 0. The molecule has 0 aliphatic heterocycles. The summed E-state index contributed by atoms with van der Waals surface area (Å²) in [5.41, 5.74) is 4.79. The molecule has 4 N–H and O–H groups in total. The molecule has 164 valence electrons. The van der Waals surface area contributed by atoms with Gasteiger partial charge in [0.1, 0.15) is 0 Å². The third-order valence-electron chi connectivity index (χ3n) is 3.06. The number of halogens is 2. The van der Waals surface area contributed by atoms with Crippen LogP contribution in [0.2, 0.25) is 0 Å². The Kier molecular flexibility index (Phi) is 15.1. The van der Waals surface area contributed by atoms with Crippen LogP contribution in [-0.4, -0.2) is 53.7 Å². The molecule has 0 fully saturated rings. The zero-order valence-corrected chi connectivity index (χ0v) is 19.4. The molecule has 0 aromatic rings. The summed E-state index contributed by atoms with van der Waals surface area (Å²) in [6.45, 7) is 15.7. The van der Waals surface area contributed by atoms with E-state index < -0.39 is 35.7 Å². The summed E-state index contributed by atoms with van der Waals surface area (Å²) in [7, 11) is 0. The smallest absolute Gasteiger partial charge is 0.409 e. The molecule has 0 heterocycles. The number of nitrogens with one attached hydrogen (secondary N) is 2. The molecule has 0 aliphatic rings. The van der Waals surface area contributed by atoms with E-state index in [0.717, 1.165) is 0 Å². The maximum atomic E-state index is 12.0. The summed E-state index contributed by atoms with van der Waals surface area (Å²) >= 11 is 0. The topological polar surface area (TPSA) is 106 Å². The molecule has 0 spiro atoms. The first-order valence-corrected chi connectivity index (χ1v) is 8.68. The van der Waals surface area contributed by atoms with E-state index in [0.29, 0.717) is 19.5 Å². The molecule has 0 radical (unpaired) electrons. The Morgan fingerprint density at radius 3 is 1.48 bits per heavy atom. The van der Waals surface area contributed by atoms with E-state index in [1.54, 1.807) is 18.7 Å². The average Bonchev–Trinajstić information content (AvgIpc) is 2.33. The predicted octanol–water partition coefficient (Wildman–Crippen LogP) is 3.22. The van der Waals surface area contributed by atoms with E-state index in [2.05, 4.69) is 10.6 Å². The van der Waals surface area contributed by atoms with E-state index in [1.807, 2.05) is 41.5 Å². The van der Waals surface area contributed by atoms with Crippen molar-refractivity contribution in [3.63, 3.8) is 0 Å². The van der Waals surface area contributed by atoms with Crippen molar-refractivity contribution in [2.45, 2.75) is 85.3 Å². The molecule has 2 atom stereocenters. The molecule has 8 nitrogen and oxygen atoms in total. The van der Waals surface area contributed by atoms with Gasteiger partial charge in [-0.15, -0.1) is 24.8 Å². The third-order valence-corrected chi connectivity index (χ3v) is 3.06. The summed E-state index contributed by atoms with van der Waals surface area (Å²) in [4.78, 5) is 25.7. The third kappa shape index (κ3) is 15.8. The van der Waals surface area contributed by atoms with Crippen molar-refractivity contribution >= 4 is 37.0 Å². The summed E-state index contributed by atoms with van der Waals surface area (Å²) in [6, 6.07) is 0. The van der Waals surface area contributed by atoms with Crippen LogP contribution in [0, 0.1) is 0 Å². The number of amides is 2. The molecule has 10 heteroatoms. The first-order valence-electron chi connectivity index (χ1n) is 8.68. The number of nitrogens with two attached hydrogens (primary N) is 1. The molecule has 0 aromatic heterocycles. The van der Waals surface area contributed by atoms with Crippen LogP contribution in [0.3, 0.4) is 0 Å². The molecule has 2 amide bonds. The first kappa shape index (κ1) is 30.8. The lowest BCUT2D eigenvalue weighted by Gasteiger charge is -2.34. The summed E-state index contributed by atoms with van der Waals surface area (Å²) in [6.07, 6.45) is -1.52. The molecule has 0 rings (SSSR count). The van der Waals surface area contributed by atoms with Crippen LogP contribution >= 0.6 is 24.8 Å². The Balaban J connectivity index is -0.00000288. The van der Waals surface area contributed by atoms with E-state index in [9.17, 15) is 9.59 Å². The summed E-state index contributed by atoms with van der Waals surface area (Å²) in [5.74, 6) is 0. The highest BCUT2D eigenvalue weighted by Gasteiger charge is 2.27. The fourth-order valence-corrected chi connectivity index (χ4v) is 2.05. The standard InChI is InChI=1S/C17H36N4O4.2ClH/c1-12(24-14(22)19-16(3,4)5)21(11-9-10-18)13(2)25-15(23)20-17(6,7)8;;/h12-13H,9-11,18H2,1-8H3,(H,19,22)(H,20,23);2*1H. The lowest BCUT2D eigenvalue weighted by atomic mass is 10.1. The van der Waals surface area contributed by atoms with E-state index in [1.165, 1.54) is 0 Å². The van der Waals surface area contributed by atoms with Crippen LogP contribution in [0.5, 0.6) is 0 Å². The minimum Gasteiger partial charge on any atom is -0.430 e. The number of nitrogens with zero attached hydrogens (tertiary/aromatic N) is 1. The van der Waals surface area contributed by atoms with Crippen molar-refractivity contribution in [2.75, 3.05) is 13.1 Å². The number of alkyl carbamates (subject to hydrolysis) is 2. The molecule has 0 aromatic carbocycles. The SMILES string of the molecule is CC(OC(=O)NC(C)(C)C)N(CCCN)C(C)OC(=O)NC(C)(C)C.Cl.Cl. The summed E-state index contributed by atoms with van der Waals surface area (Å²) in [5, 5.41) is 5.48. The maximum Gasteiger partial charge on any atom is 0.409 e. The van der Waals surface area contributed by atoms with Gasteiger partial charge in [-0.2, -0.15) is 0 Å². The highest BCUT2D eigenvalue weighted by atomic mass is 35.5. The van der Waals surface area contributed by atoms with Crippen molar-refractivity contribution in [1.82, 2.24) is 15.5 Å². The second-order valence-electron chi connectivity index (χ2n) is 8.14. The molecule has 0 saturated heterocycles. The monoisotopic (exact) mass is 432 g/mol. The van der Waals surface area contributed by atoms with Gasteiger partial charge in [0.05, 0.1) is 0 Å². The Hall–Kier alpha value is -0.960. The molecule has 27 heavy (non-hydrogen) atoms. The van der Waals surface area contributed by atoms with Gasteiger partial charge in [0.15, 0.2) is 12.5 Å². The quantitative estimate of drug-likeness (QED) is 0.533. The fraction of sp³-hybridized carbons (Fsp3) is 0.882. The van der Waals surface area contributed by atoms with Gasteiger partial charge in [0, 0.05) is 17.6 Å². The molecular weight excluding hydrogens is 395 g/mol. The minimum atomic E-state index is -0.577. The molecule has 0 saturated carbocycles. The van der Waals surface area contributed by atoms with Crippen molar-refractivity contribution in [1.29, 1.82) is 0 Å². The van der Waals surface area contributed by atoms with E-state index in [4.69, 9.17) is 15.2 Å². The number of carbonyl (C=O) groups is 2. The van der Waals surface area contributed by atoms with Crippen LogP contribution < -0.4 is 16.4 Å². The van der Waals surface area contributed by atoms with Gasteiger partial charge in [-0.3, -0.25) is 0 Å². The molecule has 2 unspecified atom stereocenters.